The molecule has 4 atom stereocenters. The third-order valence-corrected chi connectivity index (χ3v) is 6.34. The van der Waals surface area contributed by atoms with Crippen molar-refractivity contribution in [2.24, 2.45) is 5.92 Å². The second-order valence-electron chi connectivity index (χ2n) is 8.28. The van der Waals surface area contributed by atoms with Gasteiger partial charge in [0.25, 0.3) is 0 Å². The van der Waals surface area contributed by atoms with E-state index < -0.39 is 5.60 Å². The first-order valence-corrected chi connectivity index (χ1v) is 10.9. The average Bonchev–Trinajstić information content (AvgIpc) is 2.85. The van der Waals surface area contributed by atoms with E-state index in [0.29, 0.717) is 6.42 Å². The maximum Gasteiger partial charge on any atom is 0.132 e. The third-order valence-electron chi connectivity index (χ3n) is 6.34. The molecule has 3 aromatic carbocycles. The van der Waals surface area contributed by atoms with Crippen LogP contribution in [0.2, 0.25) is 0 Å². The molecule has 4 nitrogen and oxygen atoms in total. The van der Waals surface area contributed by atoms with Gasteiger partial charge in [0.1, 0.15) is 17.1 Å². The molecule has 0 saturated carbocycles. The number of nitrogens with one attached hydrogen (secondary N) is 1. The average molecular weight is 428 g/mol. The van der Waals surface area contributed by atoms with E-state index in [1.165, 1.54) is 0 Å². The molecule has 0 unspecified atom stereocenters. The van der Waals surface area contributed by atoms with Crippen LogP contribution < -0.4 is 14.8 Å². The quantitative estimate of drug-likeness (QED) is 0.582. The SMILES string of the molecule is COc1ccc([C@H]2N[C@@H](c3ccc(OC)cc3)C[C@](O)(C#Cc3ccccc3)[C@H]2C)cc1. The number of ether oxygens (including phenoxy) is 2. The number of methoxy groups -OCH3 is 2. The summed E-state index contributed by atoms with van der Waals surface area (Å²) in [5.74, 6) is 7.92. The fraction of sp³-hybridized carbons (Fsp3) is 0.286. The topological polar surface area (TPSA) is 50.7 Å². The summed E-state index contributed by atoms with van der Waals surface area (Å²) in [5, 5.41) is 15.6. The van der Waals surface area contributed by atoms with Crippen LogP contribution in [0.15, 0.2) is 78.9 Å². The summed E-state index contributed by atoms with van der Waals surface area (Å²) in [4.78, 5) is 0. The van der Waals surface area contributed by atoms with Gasteiger partial charge in [-0.1, -0.05) is 61.2 Å². The number of aliphatic hydroxyl groups is 1. The Morgan fingerprint density at radius 2 is 1.41 bits per heavy atom. The summed E-state index contributed by atoms with van der Waals surface area (Å²) in [6.45, 7) is 2.06. The van der Waals surface area contributed by atoms with E-state index in [1.807, 2.05) is 66.7 Å². The van der Waals surface area contributed by atoms with Crippen molar-refractivity contribution in [3.05, 3.63) is 95.6 Å². The van der Waals surface area contributed by atoms with Crippen molar-refractivity contribution in [2.45, 2.75) is 31.0 Å². The van der Waals surface area contributed by atoms with Gasteiger partial charge in [-0.3, -0.25) is 0 Å². The van der Waals surface area contributed by atoms with Crippen molar-refractivity contribution in [3.63, 3.8) is 0 Å². The lowest BCUT2D eigenvalue weighted by atomic mass is 9.72. The maximum absolute atomic E-state index is 11.8. The van der Waals surface area contributed by atoms with Gasteiger partial charge in [-0.25, -0.2) is 0 Å². The first-order chi connectivity index (χ1) is 15.5. The number of piperidine rings is 1. The molecule has 1 heterocycles. The van der Waals surface area contributed by atoms with Crippen LogP contribution in [0, 0.1) is 17.8 Å². The van der Waals surface area contributed by atoms with Crippen LogP contribution in [0.1, 0.15) is 42.1 Å². The van der Waals surface area contributed by atoms with Crippen LogP contribution in [-0.4, -0.2) is 24.9 Å². The Hall–Kier alpha value is -3.26. The molecule has 1 aliphatic rings. The molecule has 0 bridgehead atoms. The summed E-state index contributed by atoms with van der Waals surface area (Å²) < 4.78 is 10.6. The van der Waals surface area contributed by atoms with E-state index in [4.69, 9.17) is 9.47 Å². The summed E-state index contributed by atoms with van der Waals surface area (Å²) in [6.07, 6.45) is 0.493. The van der Waals surface area contributed by atoms with Crippen molar-refractivity contribution in [3.8, 4) is 23.3 Å². The molecule has 0 aliphatic carbocycles. The van der Waals surface area contributed by atoms with Crippen LogP contribution in [0.3, 0.4) is 0 Å². The summed E-state index contributed by atoms with van der Waals surface area (Å²) in [5.41, 5.74) is 1.93. The van der Waals surface area contributed by atoms with Gasteiger partial charge in [-0.2, -0.15) is 0 Å². The molecule has 32 heavy (non-hydrogen) atoms. The number of hydrogen-bond donors (Lipinski definition) is 2. The third kappa shape index (κ3) is 4.65. The van der Waals surface area contributed by atoms with Gasteiger partial charge in [0.05, 0.1) is 14.2 Å². The van der Waals surface area contributed by atoms with Crippen molar-refractivity contribution in [1.29, 1.82) is 0 Å². The zero-order chi connectivity index (χ0) is 22.6. The molecule has 0 spiro atoms. The normalized spacial score (nSPS) is 24.8. The lowest BCUT2D eigenvalue weighted by Crippen LogP contribution is -2.51. The van der Waals surface area contributed by atoms with Crippen LogP contribution in [0.4, 0.5) is 0 Å². The second kappa shape index (κ2) is 9.48. The molecule has 2 N–H and O–H groups in total. The minimum atomic E-state index is -1.16. The molecule has 1 fully saturated rings. The second-order valence-corrected chi connectivity index (χ2v) is 8.28. The van der Waals surface area contributed by atoms with Gasteiger partial charge in [0.2, 0.25) is 0 Å². The molecule has 0 amide bonds. The zero-order valence-corrected chi connectivity index (χ0v) is 18.7. The molecule has 0 radical (unpaired) electrons. The van der Waals surface area contributed by atoms with E-state index in [1.54, 1.807) is 14.2 Å². The number of benzene rings is 3. The zero-order valence-electron chi connectivity index (χ0n) is 18.7. The fourth-order valence-electron chi connectivity index (χ4n) is 4.31. The molecule has 3 aromatic rings. The summed E-state index contributed by atoms with van der Waals surface area (Å²) >= 11 is 0. The highest BCUT2D eigenvalue weighted by Gasteiger charge is 2.45. The Morgan fingerprint density at radius 3 is 1.97 bits per heavy atom. The summed E-state index contributed by atoms with van der Waals surface area (Å²) in [6, 6.07) is 25.7. The summed E-state index contributed by atoms with van der Waals surface area (Å²) in [7, 11) is 3.32. The van der Waals surface area contributed by atoms with E-state index in [0.717, 1.165) is 28.2 Å². The Labute approximate surface area is 190 Å². The Bertz CT molecular complexity index is 1080. The van der Waals surface area contributed by atoms with E-state index in [9.17, 15) is 5.11 Å². The van der Waals surface area contributed by atoms with Crippen LogP contribution in [-0.2, 0) is 0 Å². The molecular formula is C28H29NO3. The molecular weight excluding hydrogens is 398 g/mol. The highest BCUT2D eigenvalue weighted by Crippen LogP contribution is 2.43. The minimum absolute atomic E-state index is 0.0562. The predicted octanol–water partition coefficient (Wildman–Crippen LogP) is 4.90. The van der Waals surface area contributed by atoms with E-state index in [-0.39, 0.29) is 18.0 Å². The Morgan fingerprint density at radius 1 is 0.844 bits per heavy atom. The molecule has 0 aromatic heterocycles. The first kappa shape index (κ1) is 22.0. The van der Waals surface area contributed by atoms with Gasteiger partial charge in [-0.05, 0) is 47.5 Å². The number of rotatable bonds is 4. The predicted molar refractivity (Wildman–Crippen MR) is 127 cm³/mol. The Balaban J connectivity index is 1.71. The lowest BCUT2D eigenvalue weighted by Gasteiger charge is -2.45. The van der Waals surface area contributed by atoms with Gasteiger partial charge in [0.15, 0.2) is 0 Å². The highest BCUT2D eigenvalue weighted by atomic mass is 16.5. The van der Waals surface area contributed by atoms with Gasteiger partial charge < -0.3 is 19.9 Å². The van der Waals surface area contributed by atoms with Gasteiger partial charge in [0, 0.05) is 30.0 Å². The first-order valence-electron chi connectivity index (χ1n) is 10.9. The van der Waals surface area contributed by atoms with Crippen molar-refractivity contribution < 1.29 is 14.6 Å². The van der Waals surface area contributed by atoms with Crippen molar-refractivity contribution >= 4 is 0 Å². The van der Waals surface area contributed by atoms with Gasteiger partial charge >= 0.3 is 0 Å². The molecule has 1 aliphatic heterocycles. The number of hydrogen-bond acceptors (Lipinski definition) is 4. The van der Waals surface area contributed by atoms with E-state index >= 15 is 0 Å². The van der Waals surface area contributed by atoms with Crippen LogP contribution in [0.5, 0.6) is 11.5 Å². The van der Waals surface area contributed by atoms with E-state index in [2.05, 4.69) is 36.2 Å². The largest absolute Gasteiger partial charge is 0.497 e. The van der Waals surface area contributed by atoms with Gasteiger partial charge in [-0.15, -0.1) is 0 Å². The van der Waals surface area contributed by atoms with Crippen molar-refractivity contribution in [2.75, 3.05) is 14.2 Å². The van der Waals surface area contributed by atoms with Crippen molar-refractivity contribution in [1.82, 2.24) is 5.32 Å². The molecule has 4 rings (SSSR count). The maximum atomic E-state index is 11.8. The Kier molecular flexibility index (Phi) is 6.50. The van der Waals surface area contributed by atoms with Crippen LogP contribution >= 0.6 is 0 Å². The monoisotopic (exact) mass is 427 g/mol. The lowest BCUT2D eigenvalue weighted by molar-refractivity contribution is -0.0196. The minimum Gasteiger partial charge on any atom is -0.497 e. The molecule has 164 valence electrons. The highest BCUT2D eigenvalue weighted by molar-refractivity contribution is 5.39. The molecule has 4 heteroatoms. The smallest absolute Gasteiger partial charge is 0.132 e. The van der Waals surface area contributed by atoms with Crippen LogP contribution in [0.25, 0.3) is 0 Å². The fourth-order valence-corrected chi connectivity index (χ4v) is 4.31. The molecule has 1 saturated heterocycles. The standard InChI is InChI=1S/C28H29NO3/c1-20-27(23-11-15-25(32-3)16-12-23)29-26(22-9-13-24(31-2)14-10-22)19-28(20,30)18-17-21-7-5-4-6-8-21/h4-16,20,26-27,29-30H,19H2,1-3H3/t20-,26+,27-,28+/m0/s1.